The largest absolute Gasteiger partial charge is 0.497 e. The fourth-order valence-electron chi connectivity index (χ4n) is 3.73. The molecule has 1 aliphatic rings. The summed E-state index contributed by atoms with van der Waals surface area (Å²) < 4.78 is 41.0. The molecule has 1 atom stereocenters. The molecule has 0 saturated carbocycles. The number of hydrogen-bond donors (Lipinski definition) is 0. The highest BCUT2D eigenvalue weighted by molar-refractivity contribution is 7.95. The molecule has 0 bridgehead atoms. The highest BCUT2D eigenvalue weighted by Crippen LogP contribution is 2.44. The first-order valence-electron chi connectivity index (χ1n) is 11.2. The molecule has 36 heavy (non-hydrogen) atoms. The molecule has 0 radical (unpaired) electrons. The number of rotatable bonds is 9. The van der Waals surface area contributed by atoms with E-state index in [1.807, 2.05) is 30.3 Å². The van der Waals surface area contributed by atoms with E-state index >= 15 is 0 Å². The third-order valence-corrected chi connectivity index (χ3v) is 7.02. The number of methoxy groups -OCH3 is 3. The number of hydrogen-bond acceptors (Lipinski definition) is 7. The van der Waals surface area contributed by atoms with E-state index < -0.39 is 16.8 Å². The predicted octanol–water partition coefficient (Wildman–Crippen LogP) is 5.31. The van der Waals surface area contributed by atoms with E-state index in [1.54, 1.807) is 57.6 Å². The van der Waals surface area contributed by atoms with Crippen LogP contribution in [0.5, 0.6) is 23.0 Å². The molecule has 4 rings (SSSR count). The van der Waals surface area contributed by atoms with E-state index in [2.05, 4.69) is 0 Å². The predicted molar refractivity (Wildman–Crippen MR) is 138 cm³/mol. The van der Waals surface area contributed by atoms with Crippen molar-refractivity contribution in [1.29, 1.82) is 0 Å². The lowest BCUT2D eigenvalue weighted by Gasteiger charge is -2.13. The van der Waals surface area contributed by atoms with Crippen molar-refractivity contribution < 1.29 is 32.7 Å². The van der Waals surface area contributed by atoms with Gasteiger partial charge in [-0.2, -0.15) is 0 Å². The van der Waals surface area contributed by atoms with Gasteiger partial charge in [0.2, 0.25) is 0 Å². The van der Waals surface area contributed by atoms with E-state index in [9.17, 15) is 9.00 Å². The fourth-order valence-corrected chi connectivity index (χ4v) is 5.20. The number of ether oxygens (including phenoxy) is 5. The van der Waals surface area contributed by atoms with Crippen molar-refractivity contribution in [2.24, 2.45) is 0 Å². The molecule has 3 aromatic rings. The Hall–Kier alpha value is -4.04. The van der Waals surface area contributed by atoms with Crippen molar-refractivity contribution in [2.75, 3.05) is 27.9 Å². The number of carbonyl (C=O) groups is 1. The minimum absolute atomic E-state index is 0.299. The van der Waals surface area contributed by atoms with Gasteiger partial charge >= 0.3 is 5.97 Å². The van der Waals surface area contributed by atoms with Crippen LogP contribution in [0.3, 0.4) is 0 Å². The third kappa shape index (κ3) is 5.13. The zero-order valence-corrected chi connectivity index (χ0v) is 21.2. The van der Waals surface area contributed by atoms with Gasteiger partial charge in [0.05, 0.1) is 48.5 Å². The van der Waals surface area contributed by atoms with Gasteiger partial charge in [-0.25, -0.2) is 9.00 Å². The second kappa shape index (κ2) is 11.1. The van der Waals surface area contributed by atoms with E-state index in [-0.39, 0.29) is 0 Å². The minimum Gasteiger partial charge on any atom is -0.497 e. The van der Waals surface area contributed by atoms with Gasteiger partial charge in [0.15, 0.2) is 5.76 Å². The Morgan fingerprint density at radius 3 is 2.22 bits per heavy atom. The number of fused-ring (bicyclic) bond motifs is 1. The molecule has 8 heteroatoms. The molecule has 1 unspecified atom stereocenters. The first-order valence-corrected chi connectivity index (χ1v) is 12.3. The van der Waals surface area contributed by atoms with Crippen molar-refractivity contribution in [3.8, 4) is 23.0 Å². The third-order valence-electron chi connectivity index (χ3n) is 5.49. The van der Waals surface area contributed by atoms with Crippen LogP contribution in [-0.2, 0) is 20.3 Å². The molecule has 3 aromatic carbocycles. The van der Waals surface area contributed by atoms with Gasteiger partial charge in [0.1, 0.15) is 23.0 Å². The van der Waals surface area contributed by atoms with Gasteiger partial charge in [0.25, 0.3) is 0 Å². The first kappa shape index (κ1) is 25.1. The summed E-state index contributed by atoms with van der Waals surface area (Å²) in [5.41, 5.74) is 2.15. The molecule has 0 saturated heterocycles. The van der Waals surface area contributed by atoms with Crippen LogP contribution in [0.25, 0.3) is 16.7 Å². The first-order chi connectivity index (χ1) is 17.5. The molecule has 0 N–H and O–H groups in total. The molecular formula is C28H26O7S. The second-order valence-electron chi connectivity index (χ2n) is 7.61. The molecule has 0 fully saturated rings. The Balaban J connectivity index is 1.75. The summed E-state index contributed by atoms with van der Waals surface area (Å²) in [6.07, 6.45) is 2.96. The lowest BCUT2D eigenvalue weighted by Crippen LogP contribution is -1.99. The quantitative estimate of drug-likeness (QED) is 0.287. The van der Waals surface area contributed by atoms with Crippen molar-refractivity contribution in [1.82, 2.24) is 0 Å². The molecule has 0 aromatic heterocycles. The van der Waals surface area contributed by atoms with Crippen molar-refractivity contribution in [3.05, 3.63) is 83.4 Å². The minimum atomic E-state index is -1.49. The van der Waals surface area contributed by atoms with Gasteiger partial charge < -0.3 is 23.7 Å². The smallest absolute Gasteiger partial charge is 0.330 e. The number of carbonyl (C=O) groups excluding carboxylic acids is 1. The fraction of sp³-hybridized carbons (Fsp3) is 0.179. The van der Waals surface area contributed by atoms with Crippen LogP contribution in [0.1, 0.15) is 23.6 Å². The molecule has 0 amide bonds. The number of esters is 1. The molecule has 1 heterocycles. The highest BCUT2D eigenvalue weighted by Gasteiger charge is 2.32. The Morgan fingerprint density at radius 2 is 1.56 bits per heavy atom. The monoisotopic (exact) mass is 506 g/mol. The van der Waals surface area contributed by atoms with Gasteiger partial charge in [0, 0.05) is 23.3 Å². The maximum Gasteiger partial charge on any atom is 0.330 e. The Kier molecular flexibility index (Phi) is 7.75. The average molecular weight is 507 g/mol. The van der Waals surface area contributed by atoms with Gasteiger partial charge in [-0.15, -0.1) is 0 Å². The molecule has 186 valence electrons. The summed E-state index contributed by atoms with van der Waals surface area (Å²) in [7, 11) is 3.21. The summed E-state index contributed by atoms with van der Waals surface area (Å²) >= 11 is 0. The lowest BCUT2D eigenvalue weighted by molar-refractivity contribution is -0.137. The maximum atomic E-state index is 13.6. The Labute approximate surface area is 212 Å². The van der Waals surface area contributed by atoms with Gasteiger partial charge in [-0.3, -0.25) is 0 Å². The van der Waals surface area contributed by atoms with E-state index in [1.165, 1.54) is 13.2 Å². The van der Waals surface area contributed by atoms with Crippen LogP contribution in [0, 0.1) is 0 Å². The molecule has 0 spiro atoms. The topological polar surface area (TPSA) is 80.3 Å². The van der Waals surface area contributed by atoms with E-state index in [0.717, 1.165) is 5.56 Å². The second-order valence-corrected chi connectivity index (χ2v) is 8.99. The van der Waals surface area contributed by atoms with E-state index in [0.29, 0.717) is 56.3 Å². The number of benzene rings is 3. The van der Waals surface area contributed by atoms with Crippen molar-refractivity contribution >= 4 is 33.5 Å². The van der Waals surface area contributed by atoms with Gasteiger partial charge in [-0.05, 0) is 73.2 Å². The Bertz CT molecular complexity index is 1360. The molecule has 0 aliphatic carbocycles. The summed E-state index contributed by atoms with van der Waals surface area (Å²) in [5.74, 6) is 2.34. The van der Waals surface area contributed by atoms with Crippen LogP contribution in [0.15, 0.2) is 71.6 Å². The van der Waals surface area contributed by atoms with Crippen LogP contribution >= 0.6 is 0 Å². The zero-order valence-electron chi connectivity index (χ0n) is 20.4. The molecule has 7 nitrogen and oxygen atoms in total. The van der Waals surface area contributed by atoms with Crippen LogP contribution < -0.4 is 18.9 Å². The van der Waals surface area contributed by atoms with Gasteiger partial charge in [-0.1, -0.05) is 0 Å². The zero-order chi connectivity index (χ0) is 25.7. The molecular weight excluding hydrogens is 480 g/mol. The SMILES string of the molecule is CCOC(=O)C=Cc1ccc(OC2=C(c3ccc(OC)cc3)S(=O)c3cc(OC)ccc32)cc1OC. The van der Waals surface area contributed by atoms with Crippen molar-refractivity contribution in [3.63, 3.8) is 0 Å². The summed E-state index contributed by atoms with van der Waals surface area (Å²) in [6, 6.07) is 18.0. The summed E-state index contributed by atoms with van der Waals surface area (Å²) in [4.78, 5) is 12.8. The standard InChI is InChI=1S/C28H26O7S/c1-5-34-26(29)15-9-18-6-12-22(16-24(18)33-4)35-27-23-14-13-21(32-3)17-25(23)36(30)28(27)19-7-10-20(31-2)11-8-19/h6-17H,5H2,1-4H3. The van der Waals surface area contributed by atoms with Crippen LogP contribution in [-0.4, -0.2) is 38.1 Å². The normalized spacial score (nSPS) is 14.5. The Morgan fingerprint density at radius 1 is 0.861 bits per heavy atom. The highest BCUT2D eigenvalue weighted by atomic mass is 32.2. The van der Waals surface area contributed by atoms with Crippen LogP contribution in [0.2, 0.25) is 0 Å². The maximum absolute atomic E-state index is 13.6. The summed E-state index contributed by atoms with van der Waals surface area (Å²) in [6.45, 7) is 2.05. The molecule has 1 aliphatic heterocycles. The summed E-state index contributed by atoms with van der Waals surface area (Å²) in [5, 5.41) is 0. The lowest BCUT2D eigenvalue weighted by atomic mass is 10.1. The average Bonchev–Trinajstić information content (AvgIpc) is 3.18. The van der Waals surface area contributed by atoms with Crippen molar-refractivity contribution in [2.45, 2.75) is 11.8 Å². The van der Waals surface area contributed by atoms with Crippen LogP contribution in [0.4, 0.5) is 0 Å². The van der Waals surface area contributed by atoms with E-state index in [4.69, 9.17) is 23.7 Å².